The average Bonchev–Trinajstić information content (AvgIpc) is 2.55. The van der Waals surface area contributed by atoms with Crippen molar-refractivity contribution < 1.29 is 18.6 Å². The molecule has 0 spiro atoms. The number of ether oxygens (including phenoxy) is 1. The van der Waals surface area contributed by atoms with Gasteiger partial charge in [-0.2, -0.15) is 0 Å². The number of rotatable bonds is 8. The Morgan fingerprint density at radius 1 is 1.04 bits per heavy atom. The molecule has 2 rings (SSSR count). The molecule has 124 valence electrons. The van der Waals surface area contributed by atoms with Crippen LogP contribution in [0, 0.1) is 0 Å². The number of alkyl halides is 2. The van der Waals surface area contributed by atoms with Crippen LogP contribution in [0.25, 0.3) is 0 Å². The number of halogens is 2. The highest BCUT2D eigenvalue weighted by atomic mass is 19.3. The van der Waals surface area contributed by atoms with E-state index in [4.69, 9.17) is 4.74 Å². The van der Waals surface area contributed by atoms with E-state index in [0.717, 1.165) is 18.1 Å². The van der Waals surface area contributed by atoms with Crippen LogP contribution < -0.4 is 5.32 Å². The summed E-state index contributed by atoms with van der Waals surface area (Å²) in [5.74, 6) is 0. The van der Waals surface area contributed by atoms with Crippen molar-refractivity contribution in [1.82, 2.24) is 0 Å². The summed E-state index contributed by atoms with van der Waals surface area (Å²) in [6.45, 7) is 1.71. The van der Waals surface area contributed by atoms with Crippen molar-refractivity contribution in [3.05, 3.63) is 65.7 Å². The Labute approximate surface area is 134 Å². The van der Waals surface area contributed by atoms with Crippen molar-refractivity contribution in [3.63, 3.8) is 0 Å². The van der Waals surface area contributed by atoms with Gasteiger partial charge in [0.2, 0.25) is 0 Å². The number of hydrogen-bond acceptors (Lipinski definition) is 3. The number of nitrogens with one attached hydrogen (secondary N) is 1. The van der Waals surface area contributed by atoms with E-state index in [1.807, 2.05) is 42.5 Å². The van der Waals surface area contributed by atoms with Gasteiger partial charge >= 0.3 is 0 Å². The molecule has 5 heteroatoms. The monoisotopic (exact) mass is 321 g/mol. The SMILES string of the molecule is CC(O)(CNc1ccccc1COCc1ccccc1)C(F)F. The summed E-state index contributed by atoms with van der Waals surface area (Å²) in [5, 5.41) is 12.5. The van der Waals surface area contributed by atoms with E-state index in [0.29, 0.717) is 18.9 Å². The third-order valence-corrected chi connectivity index (χ3v) is 3.49. The Balaban J connectivity index is 1.92. The molecular weight excluding hydrogens is 300 g/mol. The fraction of sp³-hybridized carbons (Fsp3) is 0.333. The molecule has 0 aliphatic heterocycles. The van der Waals surface area contributed by atoms with E-state index >= 15 is 0 Å². The zero-order valence-corrected chi connectivity index (χ0v) is 13.0. The van der Waals surface area contributed by atoms with Crippen molar-refractivity contribution in [3.8, 4) is 0 Å². The summed E-state index contributed by atoms with van der Waals surface area (Å²) < 4.78 is 31.1. The van der Waals surface area contributed by atoms with Crippen LogP contribution in [-0.4, -0.2) is 23.7 Å². The lowest BCUT2D eigenvalue weighted by atomic mass is 10.1. The highest BCUT2D eigenvalue weighted by molar-refractivity contribution is 5.51. The minimum atomic E-state index is -2.81. The van der Waals surface area contributed by atoms with E-state index in [1.54, 1.807) is 12.1 Å². The van der Waals surface area contributed by atoms with Gasteiger partial charge in [-0.15, -0.1) is 0 Å². The Kier molecular flexibility index (Phi) is 6.07. The van der Waals surface area contributed by atoms with Crippen LogP contribution in [0.1, 0.15) is 18.1 Å². The van der Waals surface area contributed by atoms with Gasteiger partial charge in [0.05, 0.1) is 13.2 Å². The van der Waals surface area contributed by atoms with Gasteiger partial charge in [0, 0.05) is 17.8 Å². The molecule has 0 radical (unpaired) electrons. The van der Waals surface area contributed by atoms with Crippen molar-refractivity contribution in [1.29, 1.82) is 0 Å². The van der Waals surface area contributed by atoms with Crippen LogP contribution in [-0.2, 0) is 18.0 Å². The van der Waals surface area contributed by atoms with Gasteiger partial charge in [0.15, 0.2) is 0 Å². The standard InChI is InChI=1S/C18H21F2NO2/c1-18(22,17(19)20)13-21-16-10-6-5-9-15(16)12-23-11-14-7-3-2-4-8-14/h2-10,17,21-22H,11-13H2,1H3. The predicted molar refractivity (Wildman–Crippen MR) is 86.5 cm³/mol. The minimum absolute atomic E-state index is 0.236. The molecule has 23 heavy (non-hydrogen) atoms. The fourth-order valence-corrected chi connectivity index (χ4v) is 2.02. The molecule has 0 aliphatic carbocycles. The van der Waals surface area contributed by atoms with Crippen molar-refractivity contribution in [2.45, 2.75) is 32.2 Å². The van der Waals surface area contributed by atoms with E-state index in [-0.39, 0.29) is 6.54 Å². The van der Waals surface area contributed by atoms with E-state index < -0.39 is 12.0 Å². The molecule has 0 saturated carbocycles. The molecule has 1 atom stereocenters. The van der Waals surface area contributed by atoms with Gasteiger partial charge < -0.3 is 15.2 Å². The highest BCUT2D eigenvalue weighted by Crippen LogP contribution is 2.20. The Morgan fingerprint density at radius 2 is 1.70 bits per heavy atom. The molecule has 0 aliphatic rings. The first-order chi connectivity index (χ1) is 11.0. The van der Waals surface area contributed by atoms with Gasteiger partial charge in [-0.3, -0.25) is 0 Å². The minimum Gasteiger partial charge on any atom is -0.382 e. The second-order valence-electron chi connectivity index (χ2n) is 5.65. The lowest BCUT2D eigenvalue weighted by molar-refractivity contribution is -0.0732. The van der Waals surface area contributed by atoms with Gasteiger partial charge in [-0.05, 0) is 18.6 Å². The molecule has 2 aromatic carbocycles. The normalized spacial score (nSPS) is 13.8. The molecule has 1 unspecified atom stereocenters. The maximum absolute atomic E-state index is 12.7. The van der Waals surface area contributed by atoms with Crippen molar-refractivity contribution in [2.75, 3.05) is 11.9 Å². The largest absolute Gasteiger partial charge is 0.382 e. The molecule has 0 aromatic heterocycles. The Morgan fingerprint density at radius 3 is 2.39 bits per heavy atom. The number of anilines is 1. The average molecular weight is 321 g/mol. The summed E-state index contributed by atoms with van der Waals surface area (Å²) in [5.41, 5.74) is 0.534. The lowest BCUT2D eigenvalue weighted by Gasteiger charge is -2.24. The van der Waals surface area contributed by atoms with E-state index in [9.17, 15) is 13.9 Å². The second kappa shape index (κ2) is 8.04. The smallest absolute Gasteiger partial charge is 0.268 e. The maximum atomic E-state index is 12.7. The number of aliphatic hydroxyl groups is 1. The van der Waals surface area contributed by atoms with Crippen LogP contribution in [0.4, 0.5) is 14.5 Å². The van der Waals surface area contributed by atoms with E-state index in [2.05, 4.69) is 5.32 Å². The quantitative estimate of drug-likeness (QED) is 0.776. The number of hydrogen-bond donors (Lipinski definition) is 2. The molecule has 0 saturated heterocycles. The topological polar surface area (TPSA) is 41.5 Å². The third kappa shape index (κ3) is 5.30. The molecule has 2 N–H and O–H groups in total. The van der Waals surface area contributed by atoms with E-state index in [1.165, 1.54) is 0 Å². The van der Waals surface area contributed by atoms with Crippen LogP contribution >= 0.6 is 0 Å². The van der Waals surface area contributed by atoms with Crippen LogP contribution in [0.5, 0.6) is 0 Å². The first kappa shape index (κ1) is 17.4. The summed E-state index contributed by atoms with van der Waals surface area (Å²) in [4.78, 5) is 0. The second-order valence-corrected chi connectivity index (χ2v) is 5.65. The van der Waals surface area contributed by atoms with Gasteiger partial charge in [-0.25, -0.2) is 8.78 Å². The summed E-state index contributed by atoms with van der Waals surface area (Å²) >= 11 is 0. The van der Waals surface area contributed by atoms with Crippen LogP contribution in [0.2, 0.25) is 0 Å². The van der Waals surface area contributed by atoms with Gasteiger partial charge in [0.1, 0.15) is 5.60 Å². The van der Waals surface area contributed by atoms with Crippen LogP contribution in [0.3, 0.4) is 0 Å². The van der Waals surface area contributed by atoms with Crippen LogP contribution in [0.15, 0.2) is 54.6 Å². The third-order valence-electron chi connectivity index (χ3n) is 3.49. The molecule has 0 heterocycles. The van der Waals surface area contributed by atoms with Crippen molar-refractivity contribution in [2.24, 2.45) is 0 Å². The maximum Gasteiger partial charge on any atom is 0.268 e. The van der Waals surface area contributed by atoms with Gasteiger partial charge in [0.25, 0.3) is 6.43 Å². The predicted octanol–water partition coefficient (Wildman–Crippen LogP) is 3.83. The van der Waals surface area contributed by atoms with Crippen molar-refractivity contribution >= 4 is 5.69 Å². The fourth-order valence-electron chi connectivity index (χ4n) is 2.02. The molecule has 0 fully saturated rings. The zero-order chi connectivity index (χ0) is 16.7. The first-order valence-corrected chi connectivity index (χ1v) is 7.43. The summed E-state index contributed by atoms with van der Waals surface area (Å²) in [7, 11) is 0. The zero-order valence-electron chi connectivity index (χ0n) is 13.0. The lowest BCUT2D eigenvalue weighted by Crippen LogP contribution is -2.40. The number of benzene rings is 2. The molecule has 0 bridgehead atoms. The molecule has 0 amide bonds. The molecular formula is C18H21F2NO2. The Hall–Kier alpha value is -1.98. The Bertz CT molecular complexity index is 603. The highest BCUT2D eigenvalue weighted by Gasteiger charge is 2.31. The summed E-state index contributed by atoms with van der Waals surface area (Å²) in [6, 6.07) is 17.1. The number of para-hydroxylation sites is 1. The van der Waals surface area contributed by atoms with Gasteiger partial charge in [-0.1, -0.05) is 48.5 Å². The summed E-state index contributed by atoms with van der Waals surface area (Å²) in [6.07, 6.45) is -2.81. The molecule has 2 aromatic rings. The first-order valence-electron chi connectivity index (χ1n) is 7.43. The molecule has 3 nitrogen and oxygen atoms in total.